The minimum Gasteiger partial charge on any atom is -0.338 e. The second kappa shape index (κ2) is 6.27. The molecule has 3 aromatic rings. The predicted octanol–water partition coefficient (Wildman–Crippen LogP) is 2.01. The first kappa shape index (κ1) is 14.6. The van der Waals surface area contributed by atoms with Crippen LogP contribution in [0.1, 0.15) is 34.8 Å². The highest BCUT2D eigenvalue weighted by molar-refractivity contribution is 5.94. The SMILES string of the molecule is O=C(c1cccc(-n2cnnc2)c1)N1CCCC(c2ccn[nH]2)C1. The van der Waals surface area contributed by atoms with E-state index < -0.39 is 0 Å². The van der Waals surface area contributed by atoms with Gasteiger partial charge in [-0.25, -0.2) is 0 Å². The van der Waals surface area contributed by atoms with Crippen molar-refractivity contribution in [2.24, 2.45) is 0 Å². The largest absolute Gasteiger partial charge is 0.338 e. The molecule has 0 aliphatic carbocycles. The van der Waals surface area contributed by atoms with Crippen LogP contribution < -0.4 is 0 Å². The highest BCUT2D eigenvalue weighted by atomic mass is 16.2. The van der Waals surface area contributed by atoms with Crippen LogP contribution in [-0.4, -0.2) is 48.9 Å². The average molecular weight is 322 g/mol. The second-order valence-corrected chi connectivity index (χ2v) is 6.02. The maximum atomic E-state index is 12.9. The van der Waals surface area contributed by atoms with E-state index in [9.17, 15) is 4.79 Å². The number of rotatable bonds is 3. The third-order valence-corrected chi connectivity index (χ3v) is 4.48. The second-order valence-electron chi connectivity index (χ2n) is 6.02. The molecule has 0 saturated carbocycles. The lowest BCUT2D eigenvalue weighted by Gasteiger charge is -2.32. The van der Waals surface area contributed by atoms with Crippen molar-refractivity contribution in [2.75, 3.05) is 13.1 Å². The van der Waals surface area contributed by atoms with E-state index in [1.54, 1.807) is 23.4 Å². The summed E-state index contributed by atoms with van der Waals surface area (Å²) in [5, 5.41) is 14.7. The van der Waals surface area contributed by atoms with Crippen LogP contribution in [0, 0.1) is 0 Å². The molecular formula is C17H18N6O. The smallest absolute Gasteiger partial charge is 0.253 e. The topological polar surface area (TPSA) is 79.7 Å². The molecule has 1 amide bonds. The van der Waals surface area contributed by atoms with Crippen LogP contribution >= 0.6 is 0 Å². The molecule has 1 saturated heterocycles. The van der Waals surface area contributed by atoms with Crippen molar-refractivity contribution in [1.82, 2.24) is 29.9 Å². The fourth-order valence-corrected chi connectivity index (χ4v) is 3.23. The lowest BCUT2D eigenvalue weighted by atomic mass is 9.94. The van der Waals surface area contributed by atoms with Crippen LogP contribution in [0.3, 0.4) is 0 Å². The molecule has 0 radical (unpaired) electrons. The van der Waals surface area contributed by atoms with E-state index in [-0.39, 0.29) is 5.91 Å². The third kappa shape index (κ3) is 2.80. The van der Waals surface area contributed by atoms with Crippen molar-refractivity contribution in [3.63, 3.8) is 0 Å². The molecular weight excluding hydrogens is 304 g/mol. The Morgan fingerprint density at radius 3 is 2.88 bits per heavy atom. The van der Waals surface area contributed by atoms with E-state index in [0.717, 1.165) is 37.3 Å². The van der Waals surface area contributed by atoms with Gasteiger partial charge in [0.2, 0.25) is 0 Å². The summed E-state index contributed by atoms with van der Waals surface area (Å²) < 4.78 is 1.79. The first-order valence-electron chi connectivity index (χ1n) is 8.05. The Kier molecular flexibility index (Phi) is 3.82. The van der Waals surface area contributed by atoms with Crippen molar-refractivity contribution in [3.8, 4) is 5.69 Å². The molecule has 1 aromatic carbocycles. The van der Waals surface area contributed by atoms with Crippen LogP contribution in [0.25, 0.3) is 5.69 Å². The van der Waals surface area contributed by atoms with E-state index in [4.69, 9.17) is 0 Å². The fourth-order valence-electron chi connectivity index (χ4n) is 3.23. The molecule has 1 N–H and O–H groups in total. The van der Waals surface area contributed by atoms with E-state index in [2.05, 4.69) is 20.4 Å². The molecule has 1 aliphatic rings. The van der Waals surface area contributed by atoms with Crippen LogP contribution in [0.15, 0.2) is 49.2 Å². The highest BCUT2D eigenvalue weighted by Crippen LogP contribution is 2.26. The summed E-state index contributed by atoms with van der Waals surface area (Å²) in [4.78, 5) is 14.8. The Labute approximate surface area is 139 Å². The number of benzene rings is 1. The normalized spacial score (nSPS) is 17.8. The number of amides is 1. The molecule has 1 fully saturated rings. The number of carbonyl (C=O) groups is 1. The van der Waals surface area contributed by atoms with Gasteiger partial charge in [0.15, 0.2) is 0 Å². The van der Waals surface area contributed by atoms with Crippen LogP contribution in [0.2, 0.25) is 0 Å². The molecule has 1 atom stereocenters. The van der Waals surface area contributed by atoms with Gasteiger partial charge in [-0.1, -0.05) is 6.07 Å². The average Bonchev–Trinajstić information content (AvgIpc) is 3.35. The van der Waals surface area contributed by atoms with Gasteiger partial charge in [0, 0.05) is 42.1 Å². The number of H-pyrrole nitrogens is 1. The molecule has 1 aliphatic heterocycles. The summed E-state index contributed by atoms with van der Waals surface area (Å²) in [6.45, 7) is 1.51. The minimum atomic E-state index is 0.0640. The number of aromatic amines is 1. The zero-order chi connectivity index (χ0) is 16.4. The van der Waals surface area contributed by atoms with Crippen molar-refractivity contribution < 1.29 is 4.79 Å². The highest BCUT2D eigenvalue weighted by Gasteiger charge is 2.26. The number of hydrogen-bond donors (Lipinski definition) is 1. The van der Waals surface area contributed by atoms with Crippen molar-refractivity contribution in [3.05, 3.63) is 60.4 Å². The molecule has 4 rings (SSSR count). The van der Waals surface area contributed by atoms with Crippen LogP contribution in [0.4, 0.5) is 0 Å². The Morgan fingerprint density at radius 2 is 2.08 bits per heavy atom. The maximum Gasteiger partial charge on any atom is 0.253 e. The van der Waals surface area contributed by atoms with E-state index in [1.807, 2.05) is 35.2 Å². The van der Waals surface area contributed by atoms with Gasteiger partial charge in [0.1, 0.15) is 12.7 Å². The third-order valence-electron chi connectivity index (χ3n) is 4.48. The molecule has 0 bridgehead atoms. The van der Waals surface area contributed by atoms with Gasteiger partial charge < -0.3 is 4.90 Å². The van der Waals surface area contributed by atoms with Crippen molar-refractivity contribution in [1.29, 1.82) is 0 Å². The zero-order valence-corrected chi connectivity index (χ0v) is 13.2. The minimum absolute atomic E-state index is 0.0640. The predicted molar refractivity (Wildman–Crippen MR) is 87.8 cm³/mol. The molecule has 2 aromatic heterocycles. The van der Waals surface area contributed by atoms with Crippen LogP contribution in [0.5, 0.6) is 0 Å². The molecule has 1 unspecified atom stereocenters. The van der Waals surface area contributed by atoms with Gasteiger partial charge in [-0.15, -0.1) is 10.2 Å². The summed E-state index contributed by atoms with van der Waals surface area (Å²) in [5.41, 5.74) is 2.67. The number of nitrogens with one attached hydrogen (secondary N) is 1. The number of nitrogens with zero attached hydrogens (tertiary/aromatic N) is 5. The first-order valence-corrected chi connectivity index (χ1v) is 8.05. The van der Waals surface area contributed by atoms with Gasteiger partial charge >= 0.3 is 0 Å². The Hall–Kier alpha value is -2.96. The summed E-state index contributed by atoms with van der Waals surface area (Å²) in [6, 6.07) is 9.55. The van der Waals surface area contributed by atoms with E-state index in [1.165, 1.54) is 0 Å². The fraction of sp³-hybridized carbons (Fsp3) is 0.294. The molecule has 7 nitrogen and oxygen atoms in total. The van der Waals surface area contributed by atoms with Gasteiger partial charge in [-0.3, -0.25) is 14.5 Å². The number of carbonyl (C=O) groups excluding carboxylic acids is 1. The quantitative estimate of drug-likeness (QED) is 0.800. The standard InChI is InChI=1S/C17H18N6O/c24-17(13-3-1-5-15(9-13)23-11-19-20-12-23)22-8-2-4-14(10-22)16-6-7-18-21-16/h1,3,5-7,9,11-12,14H,2,4,8,10H2,(H,18,21). The molecule has 0 spiro atoms. The van der Waals surface area contributed by atoms with Gasteiger partial charge in [0.05, 0.1) is 0 Å². The van der Waals surface area contributed by atoms with E-state index in [0.29, 0.717) is 11.5 Å². The maximum absolute atomic E-state index is 12.9. The summed E-state index contributed by atoms with van der Waals surface area (Å²) in [6.07, 6.45) is 7.09. The van der Waals surface area contributed by atoms with Crippen molar-refractivity contribution >= 4 is 5.91 Å². The molecule has 24 heavy (non-hydrogen) atoms. The van der Waals surface area contributed by atoms with Crippen LogP contribution in [-0.2, 0) is 0 Å². The zero-order valence-electron chi connectivity index (χ0n) is 13.2. The molecule has 3 heterocycles. The van der Waals surface area contributed by atoms with Crippen molar-refractivity contribution in [2.45, 2.75) is 18.8 Å². The van der Waals surface area contributed by atoms with Gasteiger partial charge in [-0.05, 0) is 37.1 Å². The Balaban J connectivity index is 1.54. The Morgan fingerprint density at radius 1 is 1.21 bits per heavy atom. The lowest BCUT2D eigenvalue weighted by Crippen LogP contribution is -2.39. The van der Waals surface area contributed by atoms with Gasteiger partial charge in [0.25, 0.3) is 5.91 Å². The molecule has 7 heteroatoms. The lowest BCUT2D eigenvalue weighted by molar-refractivity contribution is 0.0706. The monoisotopic (exact) mass is 322 g/mol. The van der Waals surface area contributed by atoms with E-state index >= 15 is 0 Å². The number of aromatic nitrogens is 5. The number of hydrogen-bond acceptors (Lipinski definition) is 4. The number of piperidine rings is 1. The first-order chi connectivity index (χ1) is 11.8. The summed E-state index contributed by atoms with van der Waals surface area (Å²) >= 11 is 0. The Bertz CT molecular complexity index is 811. The molecule has 122 valence electrons. The summed E-state index contributed by atoms with van der Waals surface area (Å²) in [5.74, 6) is 0.389. The number of likely N-dealkylation sites (tertiary alicyclic amines) is 1. The summed E-state index contributed by atoms with van der Waals surface area (Å²) in [7, 11) is 0. The van der Waals surface area contributed by atoms with Gasteiger partial charge in [-0.2, -0.15) is 5.10 Å².